The maximum Gasteiger partial charge on any atom is 0.344 e. The van der Waals surface area contributed by atoms with Gasteiger partial charge in [0.2, 0.25) is 0 Å². The topological polar surface area (TPSA) is 39.4 Å². The average molecular weight is 175 g/mol. The lowest BCUT2D eigenvalue weighted by atomic mass is 10.2. The second kappa shape index (κ2) is 2.94. The van der Waals surface area contributed by atoms with Gasteiger partial charge in [0.1, 0.15) is 11.3 Å². The lowest BCUT2D eigenvalue weighted by Gasteiger charge is -1.99. The van der Waals surface area contributed by atoms with E-state index in [1.165, 1.54) is 0 Å². The zero-order valence-electron chi connectivity index (χ0n) is 7.03. The number of benzene rings is 1. The van der Waals surface area contributed by atoms with Crippen LogP contribution < -0.4 is 10.4 Å². The van der Waals surface area contributed by atoms with Crippen molar-refractivity contribution in [3.05, 3.63) is 40.8 Å². The van der Waals surface area contributed by atoms with E-state index in [0.717, 1.165) is 11.1 Å². The summed E-state index contributed by atoms with van der Waals surface area (Å²) in [5.41, 5.74) is 0.0854. The first-order valence-corrected chi connectivity index (χ1v) is 3.79. The highest BCUT2D eigenvalue weighted by molar-refractivity contribution is 5.77. The Hall–Kier alpha value is -1.77. The maximum atomic E-state index is 10.8. The van der Waals surface area contributed by atoms with Gasteiger partial charge in [-0.25, -0.2) is 4.79 Å². The molecule has 65 valence electrons. The second-order valence-electron chi connectivity index (χ2n) is 2.58. The molecule has 0 unspecified atom stereocenters. The van der Waals surface area contributed by atoms with Gasteiger partial charge >= 0.3 is 5.63 Å². The molecule has 0 N–H and O–H groups in total. The molecule has 0 aliphatic rings. The standard InChI is InChI=1S/C10H7O3/c1-12-8-3-4-9-7(6-8)2-5-10(11)13-9/h2-4,6H,1H3. The average Bonchev–Trinajstić information content (AvgIpc) is 2.17. The summed E-state index contributed by atoms with van der Waals surface area (Å²) in [5, 5.41) is 0.805. The van der Waals surface area contributed by atoms with E-state index < -0.39 is 5.63 Å². The molecule has 2 rings (SSSR count). The fourth-order valence-corrected chi connectivity index (χ4v) is 1.13. The highest BCUT2D eigenvalue weighted by atomic mass is 16.5. The van der Waals surface area contributed by atoms with Gasteiger partial charge in [-0.2, -0.15) is 0 Å². The Bertz CT molecular complexity index is 485. The summed E-state index contributed by atoms with van der Waals surface area (Å²) >= 11 is 0. The number of methoxy groups -OCH3 is 1. The van der Waals surface area contributed by atoms with Crippen LogP contribution >= 0.6 is 0 Å². The third-order valence-electron chi connectivity index (χ3n) is 1.77. The van der Waals surface area contributed by atoms with E-state index in [9.17, 15) is 4.79 Å². The van der Waals surface area contributed by atoms with E-state index >= 15 is 0 Å². The summed E-state index contributed by atoms with van der Waals surface area (Å²) in [4.78, 5) is 10.8. The van der Waals surface area contributed by atoms with Crippen molar-refractivity contribution < 1.29 is 9.15 Å². The zero-order chi connectivity index (χ0) is 9.26. The first-order chi connectivity index (χ1) is 6.29. The molecule has 3 nitrogen and oxygen atoms in total. The van der Waals surface area contributed by atoms with E-state index in [1.54, 1.807) is 31.4 Å². The lowest BCUT2D eigenvalue weighted by Crippen LogP contribution is -1.95. The van der Waals surface area contributed by atoms with Crippen LogP contribution in [0.4, 0.5) is 0 Å². The molecule has 1 aromatic carbocycles. The predicted molar refractivity (Wildman–Crippen MR) is 47.9 cm³/mol. The molecule has 2 aromatic rings. The van der Waals surface area contributed by atoms with Crippen molar-refractivity contribution in [3.63, 3.8) is 0 Å². The SMILES string of the molecule is COc1ccc2oc(=O)[c]cc2c1. The summed E-state index contributed by atoms with van der Waals surface area (Å²) in [6, 6.07) is 9.26. The van der Waals surface area contributed by atoms with Gasteiger partial charge in [0.05, 0.1) is 13.2 Å². The third-order valence-corrected chi connectivity index (χ3v) is 1.77. The van der Waals surface area contributed by atoms with Crippen molar-refractivity contribution in [1.29, 1.82) is 0 Å². The van der Waals surface area contributed by atoms with E-state index in [-0.39, 0.29) is 0 Å². The molecule has 1 aromatic heterocycles. The first kappa shape index (κ1) is 7.86. The lowest BCUT2D eigenvalue weighted by molar-refractivity contribution is 0.415. The van der Waals surface area contributed by atoms with Gasteiger partial charge in [-0.05, 0) is 24.3 Å². The zero-order valence-corrected chi connectivity index (χ0v) is 7.03. The molecule has 0 fully saturated rings. The van der Waals surface area contributed by atoms with Gasteiger partial charge in [-0.15, -0.1) is 0 Å². The Balaban J connectivity index is 2.73. The molecule has 0 spiro atoms. The van der Waals surface area contributed by atoms with Crippen LogP contribution in [0.2, 0.25) is 0 Å². The molecule has 0 amide bonds. The molecule has 1 radical (unpaired) electrons. The number of hydrogen-bond acceptors (Lipinski definition) is 3. The number of ether oxygens (including phenoxy) is 1. The minimum Gasteiger partial charge on any atom is -0.497 e. The molecule has 0 saturated heterocycles. The summed E-state index contributed by atoms with van der Waals surface area (Å²) in [6.07, 6.45) is 0. The van der Waals surface area contributed by atoms with Crippen LogP contribution in [0.15, 0.2) is 33.5 Å². The second-order valence-corrected chi connectivity index (χ2v) is 2.58. The van der Waals surface area contributed by atoms with Crippen molar-refractivity contribution in [3.8, 4) is 5.75 Å². The summed E-state index contributed by atoms with van der Waals surface area (Å²) in [7, 11) is 1.59. The Morgan fingerprint density at radius 1 is 1.46 bits per heavy atom. The minimum atomic E-state index is -0.460. The van der Waals surface area contributed by atoms with Crippen LogP contribution in [0, 0.1) is 6.07 Å². The monoisotopic (exact) mass is 175 g/mol. The van der Waals surface area contributed by atoms with Crippen molar-refractivity contribution in [2.24, 2.45) is 0 Å². The van der Waals surface area contributed by atoms with Crippen LogP contribution in [0.25, 0.3) is 11.0 Å². The Kier molecular flexibility index (Phi) is 1.77. The van der Waals surface area contributed by atoms with E-state index in [1.807, 2.05) is 0 Å². The molecular weight excluding hydrogens is 168 g/mol. The minimum absolute atomic E-state index is 0.460. The van der Waals surface area contributed by atoms with Crippen LogP contribution in [0.1, 0.15) is 0 Å². The maximum absolute atomic E-state index is 10.8. The van der Waals surface area contributed by atoms with Crippen LogP contribution in [-0.4, -0.2) is 7.11 Å². The third kappa shape index (κ3) is 1.40. The summed E-state index contributed by atoms with van der Waals surface area (Å²) in [6.45, 7) is 0. The molecule has 3 heteroatoms. The van der Waals surface area contributed by atoms with Gasteiger partial charge in [0.15, 0.2) is 0 Å². The van der Waals surface area contributed by atoms with Crippen LogP contribution in [0.5, 0.6) is 5.75 Å². The van der Waals surface area contributed by atoms with Crippen molar-refractivity contribution >= 4 is 11.0 Å². The van der Waals surface area contributed by atoms with E-state index in [0.29, 0.717) is 5.58 Å². The molecule has 0 saturated carbocycles. The summed E-state index contributed by atoms with van der Waals surface area (Å²) < 4.78 is 9.91. The molecular formula is C10H7O3. The number of fused-ring (bicyclic) bond motifs is 1. The Morgan fingerprint density at radius 3 is 3.08 bits per heavy atom. The smallest absolute Gasteiger partial charge is 0.344 e. The van der Waals surface area contributed by atoms with Crippen molar-refractivity contribution in [2.45, 2.75) is 0 Å². The molecule has 0 aliphatic carbocycles. The van der Waals surface area contributed by atoms with Crippen molar-refractivity contribution in [2.75, 3.05) is 7.11 Å². The van der Waals surface area contributed by atoms with Gasteiger partial charge in [0, 0.05) is 5.39 Å². The van der Waals surface area contributed by atoms with Crippen LogP contribution in [-0.2, 0) is 0 Å². The largest absolute Gasteiger partial charge is 0.497 e. The van der Waals surface area contributed by atoms with Gasteiger partial charge in [0.25, 0.3) is 0 Å². The highest BCUT2D eigenvalue weighted by Crippen LogP contribution is 2.18. The van der Waals surface area contributed by atoms with E-state index in [2.05, 4.69) is 6.07 Å². The predicted octanol–water partition coefficient (Wildman–Crippen LogP) is 1.60. The molecule has 13 heavy (non-hydrogen) atoms. The van der Waals surface area contributed by atoms with Gasteiger partial charge in [-0.1, -0.05) is 0 Å². The Labute approximate surface area is 74.6 Å². The van der Waals surface area contributed by atoms with Gasteiger partial charge < -0.3 is 9.15 Å². The van der Waals surface area contributed by atoms with Crippen LogP contribution in [0.3, 0.4) is 0 Å². The number of hydrogen-bond donors (Lipinski definition) is 0. The fraction of sp³-hybridized carbons (Fsp3) is 0.100. The molecule has 0 aliphatic heterocycles. The first-order valence-electron chi connectivity index (χ1n) is 3.79. The van der Waals surface area contributed by atoms with Gasteiger partial charge in [-0.3, -0.25) is 0 Å². The van der Waals surface area contributed by atoms with Crippen molar-refractivity contribution in [1.82, 2.24) is 0 Å². The normalized spacial score (nSPS) is 10.2. The summed E-state index contributed by atoms with van der Waals surface area (Å²) in [5.74, 6) is 0.731. The number of rotatable bonds is 1. The molecule has 1 heterocycles. The fourth-order valence-electron chi connectivity index (χ4n) is 1.13. The molecule has 0 atom stereocenters. The molecule has 0 bridgehead atoms. The quantitative estimate of drug-likeness (QED) is 0.618. The van der Waals surface area contributed by atoms with E-state index in [4.69, 9.17) is 9.15 Å². The Morgan fingerprint density at radius 2 is 2.31 bits per heavy atom. The highest BCUT2D eigenvalue weighted by Gasteiger charge is 1.98.